The molecule has 2 saturated heterocycles. The van der Waals surface area contributed by atoms with Crippen LogP contribution in [0.25, 0.3) is 0 Å². The van der Waals surface area contributed by atoms with Gasteiger partial charge in [-0.2, -0.15) is 0 Å². The highest BCUT2D eigenvalue weighted by atomic mass is 33.1. The molecular formula is C69H105FN16O23S3. The molecule has 12 amide bonds. The number of carbonyl (C=O) groups is 13. The van der Waals surface area contributed by atoms with E-state index in [9.17, 15) is 71.8 Å². The number of rotatable bonds is 47. The largest absolute Gasteiger partial charge is 0.481 e. The number of guanidine groups is 1. The van der Waals surface area contributed by atoms with E-state index in [1.807, 2.05) is 6.92 Å². The Hall–Kier alpha value is -9.05. The number of carboxylic acids is 1. The van der Waals surface area contributed by atoms with Crippen molar-refractivity contribution in [2.75, 3.05) is 175 Å². The number of nitrogens with two attached hydrogens (primary N) is 2. The van der Waals surface area contributed by atoms with Crippen LogP contribution in [0, 0.1) is 5.82 Å². The molecule has 0 aliphatic carbocycles. The van der Waals surface area contributed by atoms with E-state index in [4.69, 9.17) is 54.2 Å². The summed E-state index contributed by atoms with van der Waals surface area (Å²) in [6.07, 6.45) is 0.486. The molecule has 17 N–H and O–H groups in total. The lowest BCUT2D eigenvalue weighted by molar-refractivity contribution is -0.141. The Labute approximate surface area is 659 Å². The first-order valence-electron chi connectivity index (χ1n) is 36.2. The highest BCUT2D eigenvalue weighted by Crippen LogP contribution is 2.24. The van der Waals surface area contributed by atoms with E-state index in [1.54, 1.807) is 30.3 Å². The standard InChI is InChI=1S/C69H105FN16O23S3/c1-2-101-25-26-104-24-21-76-63(95)53-42-110-45-60(91)80-50(11-6-7-17-73-57(88)39-108-40-58(89)74-19-22-102-27-29-105-31-33-107-34-32-106-30-28-103-23-20-75-59(90)41-109-79-37-47-13-15-48(70)16-14-47)64(96)85-54-43-111-112-44-55(68(100)83-51(65(97)84-53)35-46-9-4-3-5-10-46)86-66(98)52(36-61(92)93)81-56(87)38-78-62(94)49(82-67(54)99)12-8-18-77-69(71)72/h3-5,9-10,13-16,37,49-55H,2,6-8,11-12,17-36,38-45H2,1H3,(H,73,88)(H,74,89)(H,75,90)(H,76,95)(H,78,94)(H,80,91)(H,81,87)(H,82,99)(H,83,100)(H,84,97)(H,85,96)(H,86,98)(H,92,93)(H4,71,72,77)/b79-37+/t49-,50-,51-,52-,53-,54-,55-/m0/s1/i70-1. The van der Waals surface area contributed by atoms with E-state index >= 15 is 0 Å². The number of nitrogens with one attached hydrogen (secondary N) is 12. The van der Waals surface area contributed by atoms with Gasteiger partial charge in [0.05, 0.1) is 111 Å². The fraction of sp³-hybridized carbons (Fsp3) is 0.609. The van der Waals surface area contributed by atoms with E-state index in [-0.39, 0.29) is 152 Å². The van der Waals surface area contributed by atoms with E-state index < -0.39 is 145 Å². The van der Waals surface area contributed by atoms with Crippen LogP contribution in [-0.4, -0.2) is 311 Å². The maximum atomic E-state index is 14.6. The van der Waals surface area contributed by atoms with E-state index in [0.29, 0.717) is 64.0 Å². The van der Waals surface area contributed by atoms with Crippen molar-refractivity contribution < 1.29 is 115 Å². The van der Waals surface area contributed by atoms with Crippen LogP contribution < -0.4 is 75.3 Å². The molecule has 7 atom stereocenters. The van der Waals surface area contributed by atoms with Crippen LogP contribution in [0.3, 0.4) is 0 Å². The number of aliphatic carboxylic acids is 1. The third-order valence-electron chi connectivity index (χ3n) is 15.4. The third kappa shape index (κ3) is 44.9. The van der Waals surface area contributed by atoms with Gasteiger partial charge in [-0.05, 0) is 62.3 Å². The van der Waals surface area contributed by atoms with Crippen molar-refractivity contribution in [3.05, 3.63) is 71.5 Å². The maximum Gasteiger partial charge on any atom is 0.305 e. The Kier molecular flexibility index (Phi) is 50.0. The Morgan fingerprint density at radius 2 is 1.03 bits per heavy atom. The molecule has 2 aliphatic rings. The molecule has 4 rings (SSSR count). The van der Waals surface area contributed by atoms with Crippen molar-refractivity contribution in [3.63, 3.8) is 0 Å². The summed E-state index contributed by atoms with van der Waals surface area (Å²) in [7, 11) is 1.82. The summed E-state index contributed by atoms with van der Waals surface area (Å²) < 4.78 is 56.5. The monoisotopic (exact) mass is 1640 g/mol. The average Bonchev–Trinajstić information content (AvgIpc) is 1.09. The molecule has 0 saturated carbocycles. The van der Waals surface area contributed by atoms with E-state index in [2.05, 4.69) is 73.9 Å². The summed E-state index contributed by atoms with van der Waals surface area (Å²) in [6, 6.07) is 3.46. The number of unbranched alkanes of at least 4 members (excludes halogenated alkanes) is 1. The number of aliphatic imine (C=N–C) groups is 1. The summed E-state index contributed by atoms with van der Waals surface area (Å²) in [5, 5.41) is 44.6. The quantitative estimate of drug-likeness (QED) is 0.00975. The minimum atomic E-state index is -1.83. The summed E-state index contributed by atoms with van der Waals surface area (Å²) in [4.78, 5) is 186. The Bertz CT molecular complexity index is 3290. The van der Waals surface area contributed by atoms with Crippen molar-refractivity contribution in [1.82, 2.24) is 63.8 Å². The van der Waals surface area contributed by atoms with Gasteiger partial charge < -0.3 is 123 Å². The lowest BCUT2D eigenvalue weighted by Crippen LogP contribution is -2.60. The van der Waals surface area contributed by atoms with Crippen molar-refractivity contribution in [1.29, 1.82) is 0 Å². The molecule has 624 valence electrons. The smallest absolute Gasteiger partial charge is 0.305 e. The van der Waals surface area contributed by atoms with Crippen LogP contribution in [0.2, 0.25) is 0 Å². The number of ether oxygens (including phenoxy) is 8. The Morgan fingerprint density at radius 1 is 0.527 bits per heavy atom. The molecule has 0 unspecified atom stereocenters. The molecule has 39 nitrogen and oxygen atoms in total. The first-order valence-corrected chi connectivity index (χ1v) is 39.9. The highest BCUT2D eigenvalue weighted by molar-refractivity contribution is 8.76. The zero-order valence-corrected chi connectivity index (χ0v) is 64.9. The van der Waals surface area contributed by atoms with Crippen LogP contribution >= 0.6 is 33.3 Å². The number of nitrogens with zero attached hydrogens (tertiary/aromatic N) is 2. The molecule has 2 aromatic rings. The van der Waals surface area contributed by atoms with Crippen molar-refractivity contribution in [3.8, 4) is 0 Å². The first-order chi connectivity index (χ1) is 54.1. The molecule has 2 heterocycles. The minimum Gasteiger partial charge on any atom is -0.481 e. The number of thioether (sulfide) groups is 1. The molecule has 0 radical (unpaired) electrons. The number of oxime groups is 1. The van der Waals surface area contributed by atoms with Crippen molar-refractivity contribution >= 4 is 122 Å². The van der Waals surface area contributed by atoms with Crippen LogP contribution in [0.4, 0.5) is 4.39 Å². The zero-order chi connectivity index (χ0) is 81.4. The van der Waals surface area contributed by atoms with Crippen molar-refractivity contribution in [2.45, 2.75) is 94.2 Å². The second-order valence-electron chi connectivity index (χ2n) is 24.3. The van der Waals surface area contributed by atoms with Gasteiger partial charge in [0.1, 0.15) is 61.3 Å². The normalized spacial score (nSPS) is 19.3. The number of benzene rings is 2. The topological polar surface area (TPSA) is 546 Å². The lowest BCUT2D eigenvalue weighted by Gasteiger charge is -2.27. The number of carboxylic acid groups (broad SMARTS) is 1. The van der Waals surface area contributed by atoms with Crippen LogP contribution in [0.1, 0.15) is 56.6 Å². The third-order valence-corrected chi connectivity index (χ3v) is 18.8. The van der Waals surface area contributed by atoms with Crippen LogP contribution in [0.15, 0.2) is 64.7 Å². The van der Waals surface area contributed by atoms with Gasteiger partial charge in [-0.3, -0.25) is 67.3 Å². The molecule has 2 aliphatic heterocycles. The predicted molar refractivity (Wildman–Crippen MR) is 409 cm³/mol. The molecule has 43 heteroatoms. The lowest BCUT2D eigenvalue weighted by atomic mass is 10.0. The Morgan fingerprint density at radius 3 is 1.60 bits per heavy atom. The predicted octanol–water partition coefficient (Wildman–Crippen LogP) is -4.61. The number of hydrogen-bond donors (Lipinski definition) is 15. The first kappa shape index (κ1) is 95.3. The Balaban J connectivity index is 1.33. The SMILES string of the molecule is CCOCCOCCNC(=O)[C@@H]1CSCC(=O)N[C@@H](CCCCNC(=O)COCC(=O)NCCOCCOCCOCCOCCOCCNC(=O)CO/N=C/c2ccc([18F])cc2)C(=O)N[C@H]2CSSC[C@H](NC(=O)[C@H](CC(=O)O)NC(=O)CNC(=O)[C@H](CCCN=C(N)N)NC2=O)C(=O)N[C@@H](Cc2ccccc2)C(=O)N1. The van der Waals surface area contributed by atoms with Gasteiger partial charge in [0.25, 0.3) is 5.91 Å². The zero-order valence-electron chi connectivity index (χ0n) is 62.4. The van der Waals surface area contributed by atoms with E-state index in [1.165, 1.54) is 30.5 Å². The van der Waals surface area contributed by atoms with Crippen LogP contribution in [-0.2, 0) is 111 Å². The van der Waals surface area contributed by atoms with Gasteiger partial charge in [0.15, 0.2) is 12.6 Å². The highest BCUT2D eigenvalue weighted by Gasteiger charge is 2.35. The van der Waals surface area contributed by atoms with Gasteiger partial charge in [0.2, 0.25) is 65.0 Å². The van der Waals surface area contributed by atoms with Crippen molar-refractivity contribution in [2.24, 2.45) is 21.6 Å². The minimum absolute atomic E-state index is 0.00557. The van der Waals surface area contributed by atoms with Gasteiger partial charge in [-0.25, -0.2) is 4.39 Å². The molecular weight excluding hydrogens is 1540 g/mol. The fourth-order valence-corrected chi connectivity index (χ4v) is 12.9. The molecule has 0 spiro atoms. The molecule has 2 bridgehead atoms. The number of halogens is 1. The maximum absolute atomic E-state index is 14.6. The number of hydrogen-bond acceptors (Lipinski definition) is 27. The van der Waals surface area contributed by atoms with Gasteiger partial charge in [0, 0.05) is 63.0 Å². The molecule has 2 fully saturated rings. The fourth-order valence-electron chi connectivity index (χ4n) is 9.74. The van der Waals surface area contributed by atoms with Gasteiger partial charge >= 0.3 is 5.97 Å². The summed E-state index contributed by atoms with van der Waals surface area (Å²) in [6.45, 7) is 4.10. The number of carbonyl (C=O) groups excluding carboxylic acids is 12. The summed E-state index contributed by atoms with van der Waals surface area (Å²) in [5.41, 5.74) is 12.2. The average molecular weight is 1640 g/mol. The second-order valence-corrected chi connectivity index (χ2v) is 27.9. The number of amides is 12. The summed E-state index contributed by atoms with van der Waals surface area (Å²) >= 11 is 0.899. The summed E-state index contributed by atoms with van der Waals surface area (Å²) in [5.74, 6) is -13.1. The molecule has 0 aromatic heterocycles. The van der Waals surface area contributed by atoms with Gasteiger partial charge in [-0.15, -0.1) is 11.8 Å². The second kappa shape index (κ2) is 58.8. The van der Waals surface area contributed by atoms with Gasteiger partial charge in [-0.1, -0.05) is 69.2 Å². The molecule has 112 heavy (non-hydrogen) atoms. The number of fused-ring (bicyclic) bond motifs is 5. The molecule has 2 aromatic carbocycles. The van der Waals surface area contributed by atoms with E-state index in [0.717, 1.165) is 33.3 Å². The van der Waals surface area contributed by atoms with Crippen LogP contribution in [0.5, 0.6) is 0 Å².